The van der Waals surface area contributed by atoms with Crippen LogP contribution in [0, 0.1) is 0 Å². The molecular weight excluding hydrogens is 264 g/mol. The van der Waals surface area contributed by atoms with Crippen LogP contribution in [0.5, 0.6) is 5.75 Å². The molecule has 0 radical (unpaired) electrons. The summed E-state index contributed by atoms with van der Waals surface area (Å²) in [6.07, 6.45) is 0. The van der Waals surface area contributed by atoms with E-state index in [0.29, 0.717) is 10.8 Å². The molecule has 0 unspecified atom stereocenters. The number of benzene rings is 2. The van der Waals surface area contributed by atoms with E-state index in [1.54, 1.807) is 12.1 Å². The van der Waals surface area contributed by atoms with Crippen molar-refractivity contribution in [3.8, 4) is 5.75 Å². The maximum Gasteiger partial charge on any atom is 0.335 e. The molecule has 1 heterocycles. The molecule has 94 valence electrons. The first-order valence-corrected chi connectivity index (χ1v) is 6.31. The van der Waals surface area contributed by atoms with Crippen LogP contribution in [0.15, 0.2) is 41.2 Å². The molecule has 0 bridgehead atoms. The van der Waals surface area contributed by atoms with E-state index in [1.165, 1.54) is 35.6 Å². The Morgan fingerprint density at radius 3 is 2.32 bits per heavy atom. The van der Waals surface area contributed by atoms with Crippen molar-refractivity contribution >= 4 is 37.5 Å². The molecule has 19 heavy (non-hydrogen) atoms. The van der Waals surface area contributed by atoms with Gasteiger partial charge in [0.25, 0.3) is 0 Å². The Kier molecular flexibility index (Phi) is 2.50. The lowest BCUT2D eigenvalue weighted by Gasteiger charge is -2.02. The monoisotopic (exact) mass is 272 g/mol. The van der Waals surface area contributed by atoms with Gasteiger partial charge in [0.1, 0.15) is 5.75 Å². The molecule has 5 heteroatoms. The van der Waals surface area contributed by atoms with Gasteiger partial charge in [-0.05, 0) is 36.4 Å². The first-order valence-electron chi connectivity index (χ1n) is 5.49. The molecule has 3 aromatic rings. The summed E-state index contributed by atoms with van der Waals surface area (Å²) in [5.74, 6) is -1.05. The molecule has 0 aliphatic carbocycles. The largest absolute Gasteiger partial charge is 0.508 e. The maximum atomic E-state index is 12.3. The summed E-state index contributed by atoms with van der Waals surface area (Å²) in [7, 11) is 0. The second kappa shape index (κ2) is 4.07. The molecule has 1 aromatic heterocycles. The van der Waals surface area contributed by atoms with Gasteiger partial charge in [-0.1, -0.05) is 0 Å². The lowest BCUT2D eigenvalue weighted by atomic mass is 10.1. The number of fused-ring (bicyclic) bond motifs is 2. The number of aromatic hydroxyl groups is 1. The molecule has 0 fully saturated rings. The van der Waals surface area contributed by atoms with Crippen molar-refractivity contribution in [3.63, 3.8) is 0 Å². The fourth-order valence-corrected chi connectivity index (χ4v) is 3.01. The Labute approximate surface area is 111 Å². The van der Waals surface area contributed by atoms with Gasteiger partial charge in [0.05, 0.1) is 5.56 Å². The third kappa shape index (κ3) is 1.84. The van der Waals surface area contributed by atoms with E-state index in [-0.39, 0.29) is 16.7 Å². The summed E-state index contributed by atoms with van der Waals surface area (Å²) in [6, 6.07) is 9.10. The first-order chi connectivity index (χ1) is 9.06. The molecule has 2 aromatic carbocycles. The lowest BCUT2D eigenvalue weighted by Crippen LogP contribution is -2.03. The highest BCUT2D eigenvalue weighted by molar-refractivity contribution is 7.24. The van der Waals surface area contributed by atoms with Gasteiger partial charge in [-0.25, -0.2) is 4.79 Å². The smallest absolute Gasteiger partial charge is 0.335 e. The summed E-state index contributed by atoms with van der Waals surface area (Å²) in [6.45, 7) is 0. The highest BCUT2D eigenvalue weighted by Crippen LogP contribution is 2.27. The highest BCUT2D eigenvalue weighted by Gasteiger charge is 2.10. The Morgan fingerprint density at radius 1 is 1.00 bits per heavy atom. The summed E-state index contributed by atoms with van der Waals surface area (Å²) < 4.78 is 1.49. The van der Waals surface area contributed by atoms with Gasteiger partial charge in [-0.2, -0.15) is 0 Å². The lowest BCUT2D eigenvalue weighted by molar-refractivity contribution is 0.0697. The number of carbonyl (C=O) groups is 1. The van der Waals surface area contributed by atoms with E-state index in [0.717, 1.165) is 9.40 Å². The third-order valence-corrected chi connectivity index (χ3v) is 4.05. The minimum Gasteiger partial charge on any atom is -0.508 e. The van der Waals surface area contributed by atoms with Crippen LogP contribution >= 0.6 is 11.3 Å². The molecule has 0 saturated heterocycles. The van der Waals surface area contributed by atoms with Gasteiger partial charge in [-0.3, -0.25) is 4.79 Å². The summed E-state index contributed by atoms with van der Waals surface area (Å²) >= 11 is 1.39. The summed E-state index contributed by atoms with van der Waals surface area (Å²) in [5.41, 5.74) is -0.181. The van der Waals surface area contributed by atoms with Crippen LogP contribution in [-0.4, -0.2) is 16.2 Å². The minimum absolute atomic E-state index is 0.0190. The standard InChI is InChI=1S/C14H8O4S/c15-8-2-4-12-10(6-8)13(16)9-5-7(14(17)18)1-3-11(9)19-12/h1-6,15H,(H,17,18). The van der Waals surface area contributed by atoms with Crippen LogP contribution in [0.25, 0.3) is 20.2 Å². The average molecular weight is 272 g/mol. The zero-order chi connectivity index (χ0) is 13.6. The number of carboxylic acid groups (broad SMARTS) is 1. The van der Waals surface area contributed by atoms with Crippen molar-refractivity contribution in [2.24, 2.45) is 0 Å². The summed E-state index contributed by atoms with van der Waals surface area (Å²) in [4.78, 5) is 23.3. The molecule has 0 amide bonds. The van der Waals surface area contributed by atoms with Gasteiger partial charge in [0.15, 0.2) is 5.43 Å². The number of phenols is 1. The fourth-order valence-electron chi connectivity index (χ4n) is 1.98. The average Bonchev–Trinajstić information content (AvgIpc) is 2.39. The molecule has 2 N–H and O–H groups in total. The first kappa shape index (κ1) is 11.7. The second-order valence-corrected chi connectivity index (χ2v) is 5.21. The van der Waals surface area contributed by atoms with Crippen molar-refractivity contribution in [3.05, 3.63) is 52.2 Å². The molecule has 0 atom stereocenters. The summed E-state index contributed by atoms with van der Waals surface area (Å²) in [5, 5.41) is 19.2. The maximum absolute atomic E-state index is 12.3. The second-order valence-electron chi connectivity index (χ2n) is 4.13. The number of rotatable bonds is 1. The van der Waals surface area contributed by atoms with Gasteiger partial charge >= 0.3 is 5.97 Å². The van der Waals surface area contributed by atoms with E-state index in [9.17, 15) is 14.7 Å². The van der Waals surface area contributed by atoms with Crippen LogP contribution in [-0.2, 0) is 0 Å². The van der Waals surface area contributed by atoms with E-state index in [4.69, 9.17) is 5.11 Å². The normalized spacial score (nSPS) is 10.9. The van der Waals surface area contributed by atoms with E-state index < -0.39 is 5.97 Å². The van der Waals surface area contributed by atoms with Crippen molar-refractivity contribution < 1.29 is 15.0 Å². The number of phenolic OH excluding ortho intramolecular Hbond substituents is 1. The van der Waals surface area contributed by atoms with E-state index in [1.807, 2.05) is 0 Å². The van der Waals surface area contributed by atoms with Crippen LogP contribution in [0.4, 0.5) is 0 Å². The Morgan fingerprint density at radius 2 is 1.63 bits per heavy atom. The number of hydrogen-bond donors (Lipinski definition) is 2. The molecule has 0 spiro atoms. The van der Waals surface area contributed by atoms with Crippen molar-refractivity contribution in [1.29, 1.82) is 0 Å². The van der Waals surface area contributed by atoms with Crippen molar-refractivity contribution in [2.75, 3.05) is 0 Å². The van der Waals surface area contributed by atoms with Gasteiger partial charge in [0.2, 0.25) is 0 Å². The van der Waals surface area contributed by atoms with Crippen molar-refractivity contribution in [1.82, 2.24) is 0 Å². The number of hydrogen-bond acceptors (Lipinski definition) is 4. The van der Waals surface area contributed by atoms with E-state index >= 15 is 0 Å². The zero-order valence-corrected chi connectivity index (χ0v) is 10.4. The van der Waals surface area contributed by atoms with E-state index in [2.05, 4.69) is 0 Å². The van der Waals surface area contributed by atoms with Crippen molar-refractivity contribution in [2.45, 2.75) is 0 Å². The van der Waals surface area contributed by atoms with Crippen LogP contribution in [0.3, 0.4) is 0 Å². The third-order valence-electron chi connectivity index (χ3n) is 2.90. The van der Waals surface area contributed by atoms with Gasteiger partial charge in [-0.15, -0.1) is 11.3 Å². The Bertz CT molecular complexity index is 880. The molecule has 0 aliphatic heterocycles. The Balaban J connectivity index is 2.48. The molecular formula is C14H8O4S. The quantitative estimate of drug-likeness (QED) is 0.668. The van der Waals surface area contributed by atoms with Crippen LogP contribution < -0.4 is 5.43 Å². The molecule has 0 aliphatic rings. The predicted octanol–water partition coefficient (Wildman–Crippen LogP) is 2.82. The Hall–Kier alpha value is -2.40. The molecule has 4 nitrogen and oxygen atoms in total. The molecule has 0 saturated carbocycles. The number of aromatic carboxylic acids is 1. The molecule has 3 rings (SSSR count). The van der Waals surface area contributed by atoms with Crippen LogP contribution in [0.2, 0.25) is 0 Å². The fraction of sp³-hybridized carbons (Fsp3) is 0. The highest BCUT2D eigenvalue weighted by atomic mass is 32.1. The zero-order valence-electron chi connectivity index (χ0n) is 9.58. The number of carboxylic acids is 1. The van der Waals surface area contributed by atoms with Gasteiger partial charge < -0.3 is 10.2 Å². The SMILES string of the molecule is O=C(O)c1ccc2sc3ccc(O)cc3c(=O)c2c1. The topological polar surface area (TPSA) is 74.6 Å². The van der Waals surface area contributed by atoms with Gasteiger partial charge in [0, 0.05) is 20.2 Å². The van der Waals surface area contributed by atoms with Crippen LogP contribution in [0.1, 0.15) is 10.4 Å². The minimum atomic E-state index is -1.07. The predicted molar refractivity (Wildman–Crippen MR) is 74.2 cm³/mol.